The fourth-order valence-electron chi connectivity index (χ4n) is 0.903. The average Bonchev–Trinajstić information content (AvgIpc) is 2.23. The summed E-state index contributed by atoms with van der Waals surface area (Å²) in [6.45, 7) is 7.40. The summed E-state index contributed by atoms with van der Waals surface area (Å²) in [7, 11) is 0. The van der Waals surface area contributed by atoms with Crippen molar-refractivity contribution in [3.05, 3.63) is 12.7 Å². The van der Waals surface area contributed by atoms with E-state index in [9.17, 15) is 9.59 Å². The molecule has 0 spiro atoms. The van der Waals surface area contributed by atoms with Crippen LogP contribution in [0.2, 0.25) is 0 Å². The normalized spacial score (nSPS) is 8.29. The van der Waals surface area contributed by atoms with Crippen molar-refractivity contribution < 1.29 is 49.4 Å². The molecule has 0 aliphatic rings. The van der Waals surface area contributed by atoms with Crippen LogP contribution in [0.3, 0.4) is 0 Å². The molecule has 0 radical (unpaired) electrons. The molecule has 0 saturated heterocycles. The fourth-order valence-corrected chi connectivity index (χ4v) is 0.903. The van der Waals surface area contributed by atoms with Crippen molar-refractivity contribution in [2.24, 2.45) is 0 Å². The molecule has 94 valence electrons. The summed E-state index contributed by atoms with van der Waals surface area (Å²) in [5.41, 5.74) is 0. The number of aliphatic carboxylic acids is 2. The Bertz CT molecular complexity index is 191. The molecule has 0 bridgehead atoms. The maximum absolute atomic E-state index is 9.64. The molecule has 17 heavy (non-hydrogen) atoms. The fraction of sp³-hybridized carbons (Fsp3) is 0.667. The number of hydrogen-bond acceptors (Lipinski definition) is 2. The van der Waals surface area contributed by atoms with Crippen molar-refractivity contribution >= 4 is 11.9 Å². The average molecular weight is 252 g/mol. The first-order valence-electron chi connectivity index (χ1n) is 5.51. The van der Waals surface area contributed by atoms with Crippen molar-refractivity contribution in [2.75, 3.05) is 0 Å². The Kier molecular flexibility index (Phi) is 23.3. The van der Waals surface area contributed by atoms with E-state index in [1.165, 1.54) is 25.7 Å². The molecular weight excluding hydrogens is 231 g/mol. The van der Waals surface area contributed by atoms with Crippen LogP contribution in [-0.4, -0.2) is 22.2 Å². The van der Waals surface area contributed by atoms with Crippen molar-refractivity contribution in [3.8, 4) is 0 Å². The topological polar surface area (TPSA) is 74.6 Å². The first-order valence-corrected chi connectivity index (χ1v) is 5.51. The third kappa shape index (κ3) is 31.3. The molecule has 0 aromatic rings. The predicted octanol–water partition coefficient (Wildman–Crippen LogP) is -0.114. The molecule has 0 amide bonds. The third-order valence-corrected chi connectivity index (χ3v) is 1.78. The van der Waals surface area contributed by atoms with Gasteiger partial charge in [-0.25, -0.2) is 0 Å². The van der Waals surface area contributed by atoms with Gasteiger partial charge in [0.05, 0.1) is 12.8 Å². The van der Waals surface area contributed by atoms with Crippen LogP contribution in [0.25, 0.3) is 0 Å². The molecule has 0 aromatic heterocycles. The molecule has 0 aliphatic carbocycles. The van der Waals surface area contributed by atoms with Gasteiger partial charge in [-0.05, 0) is 0 Å². The van der Waals surface area contributed by atoms with E-state index in [2.05, 4.69) is 6.92 Å². The molecule has 0 rings (SSSR count). The van der Waals surface area contributed by atoms with Gasteiger partial charge in [-0.3, -0.25) is 15.7 Å². The molecule has 4 nitrogen and oxygen atoms in total. The number of carboxylic acid groups (broad SMARTS) is 2. The maximum atomic E-state index is 9.64. The van der Waals surface area contributed by atoms with Crippen LogP contribution in [0.5, 0.6) is 0 Å². The van der Waals surface area contributed by atoms with Gasteiger partial charge in [-0.1, -0.05) is 39.0 Å². The summed E-state index contributed by atoms with van der Waals surface area (Å²) < 4.78 is 0. The van der Waals surface area contributed by atoms with Gasteiger partial charge in [0, 0.05) is 0 Å². The second kappa shape index (κ2) is 18.1. The second-order valence-corrected chi connectivity index (χ2v) is 3.37. The van der Waals surface area contributed by atoms with Crippen LogP contribution in [0.1, 0.15) is 51.9 Å². The van der Waals surface area contributed by atoms with E-state index < -0.39 is 11.9 Å². The first kappa shape index (κ1) is 21.9. The Hall–Kier alpha value is -0.320. The van der Waals surface area contributed by atoms with Gasteiger partial charge in [0.15, 0.2) is 0 Å². The number of carboxylic acids is 2. The zero-order valence-corrected chi connectivity index (χ0v) is 12.8. The SMILES string of the molecule is O=C(O)CCC(=O)O.[CH-]=CCCCCCC.[Na+]. The monoisotopic (exact) mass is 252 g/mol. The summed E-state index contributed by atoms with van der Waals surface area (Å²) in [5, 5.41) is 15.8. The van der Waals surface area contributed by atoms with Crippen LogP contribution >= 0.6 is 0 Å². The molecular formula is C12H21NaO4. The molecule has 0 aliphatic heterocycles. The van der Waals surface area contributed by atoms with Gasteiger partial charge in [0.2, 0.25) is 0 Å². The van der Waals surface area contributed by atoms with E-state index in [4.69, 9.17) is 16.8 Å². The molecule has 0 aromatic carbocycles. The zero-order chi connectivity index (χ0) is 12.8. The van der Waals surface area contributed by atoms with E-state index in [1.54, 1.807) is 6.08 Å². The van der Waals surface area contributed by atoms with Gasteiger partial charge >= 0.3 is 41.5 Å². The van der Waals surface area contributed by atoms with Crippen molar-refractivity contribution in [1.82, 2.24) is 0 Å². The number of allylic oxidation sites excluding steroid dienone is 1. The first-order chi connectivity index (χ1) is 7.54. The molecule has 5 heteroatoms. The summed E-state index contributed by atoms with van der Waals surface area (Å²) in [6, 6.07) is 0. The Morgan fingerprint density at radius 2 is 1.53 bits per heavy atom. The van der Waals surface area contributed by atoms with Crippen LogP contribution in [0.15, 0.2) is 6.08 Å². The van der Waals surface area contributed by atoms with E-state index in [-0.39, 0.29) is 42.4 Å². The molecule has 0 unspecified atom stereocenters. The second-order valence-electron chi connectivity index (χ2n) is 3.37. The summed E-state index contributed by atoms with van der Waals surface area (Å²) in [5.74, 6) is -2.15. The van der Waals surface area contributed by atoms with E-state index in [0.29, 0.717) is 0 Å². The van der Waals surface area contributed by atoms with Gasteiger partial charge in [0.25, 0.3) is 0 Å². The minimum Gasteiger partial charge on any atom is -0.518 e. The summed E-state index contributed by atoms with van der Waals surface area (Å²) in [6.07, 6.45) is 7.51. The minimum absolute atomic E-state index is 0. The molecule has 0 saturated carbocycles. The van der Waals surface area contributed by atoms with Crippen LogP contribution in [-0.2, 0) is 9.59 Å². The van der Waals surface area contributed by atoms with E-state index in [0.717, 1.165) is 6.42 Å². The predicted molar refractivity (Wildman–Crippen MR) is 62.1 cm³/mol. The minimum atomic E-state index is -1.08. The number of carbonyl (C=O) groups is 2. The third-order valence-electron chi connectivity index (χ3n) is 1.78. The Morgan fingerprint density at radius 1 is 1.06 bits per heavy atom. The summed E-state index contributed by atoms with van der Waals surface area (Å²) in [4.78, 5) is 19.3. The molecule has 2 N–H and O–H groups in total. The standard InChI is InChI=1S/C8H15.C4H6O4.Na/c1-3-5-7-8-6-4-2;5-3(6)1-2-4(7)8;/h1,3H,4-8H2,2H3;1-2H2,(H,5,6)(H,7,8);/q-1;;+1. The number of rotatable bonds is 8. The van der Waals surface area contributed by atoms with Crippen molar-refractivity contribution in [1.29, 1.82) is 0 Å². The summed E-state index contributed by atoms with van der Waals surface area (Å²) >= 11 is 0. The largest absolute Gasteiger partial charge is 1.00 e. The Morgan fingerprint density at radius 3 is 1.82 bits per heavy atom. The van der Waals surface area contributed by atoms with Crippen molar-refractivity contribution in [3.63, 3.8) is 0 Å². The maximum Gasteiger partial charge on any atom is 1.00 e. The quantitative estimate of drug-likeness (QED) is 0.359. The van der Waals surface area contributed by atoms with Crippen LogP contribution in [0.4, 0.5) is 0 Å². The Balaban J connectivity index is -0.000000218. The van der Waals surface area contributed by atoms with Crippen LogP contribution < -0.4 is 29.6 Å². The molecule has 0 fully saturated rings. The van der Waals surface area contributed by atoms with Gasteiger partial charge < -0.3 is 16.8 Å². The Labute approximate surface area is 125 Å². The van der Waals surface area contributed by atoms with Gasteiger partial charge in [-0.15, -0.1) is 0 Å². The molecule has 0 atom stereocenters. The molecule has 0 heterocycles. The smallest absolute Gasteiger partial charge is 0.518 e. The zero-order valence-electron chi connectivity index (χ0n) is 10.8. The van der Waals surface area contributed by atoms with Gasteiger partial charge in [-0.2, -0.15) is 0 Å². The van der Waals surface area contributed by atoms with Gasteiger partial charge in [0.1, 0.15) is 0 Å². The van der Waals surface area contributed by atoms with Crippen LogP contribution in [0, 0.1) is 6.58 Å². The number of hydrogen-bond donors (Lipinski definition) is 2. The van der Waals surface area contributed by atoms with E-state index in [1.807, 2.05) is 0 Å². The van der Waals surface area contributed by atoms with Crippen molar-refractivity contribution in [2.45, 2.75) is 51.9 Å². The van der Waals surface area contributed by atoms with E-state index >= 15 is 0 Å². The number of unbranched alkanes of at least 4 members (excludes halogenated alkanes) is 4.